The summed E-state index contributed by atoms with van der Waals surface area (Å²) in [6.07, 6.45) is 0. The molecule has 0 saturated heterocycles. The van der Waals surface area contributed by atoms with Crippen molar-refractivity contribution < 1.29 is 15.3 Å². The fourth-order valence-electron chi connectivity index (χ4n) is 1.46. The molecule has 0 spiro atoms. The number of aromatic hydroxyl groups is 2. The minimum atomic E-state index is -0.152. The molecule has 0 saturated carbocycles. The van der Waals surface area contributed by atoms with Gasteiger partial charge in [-0.05, 0) is 17.7 Å². The largest absolute Gasteiger partial charge is 0.504 e. The zero-order chi connectivity index (χ0) is 12.1. The third-order valence-corrected chi connectivity index (χ3v) is 2.46. The maximum absolute atomic E-state index is 9.37. The van der Waals surface area contributed by atoms with Crippen molar-refractivity contribution in [1.29, 1.82) is 0 Å². The van der Waals surface area contributed by atoms with Crippen LogP contribution in [0.1, 0.15) is 25.3 Å². The molecule has 0 aliphatic rings. The number of nitrogens with one attached hydrogen (secondary N) is 1. The molecule has 0 bridgehead atoms. The molecule has 1 aromatic rings. The van der Waals surface area contributed by atoms with E-state index in [0.29, 0.717) is 12.6 Å². The topological polar surface area (TPSA) is 72.7 Å². The van der Waals surface area contributed by atoms with Crippen molar-refractivity contribution >= 4 is 0 Å². The van der Waals surface area contributed by atoms with Crippen LogP contribution in [0.5, 0.6) is 11.5 Å². The Morgan fingerprint density at radius 2 is 1.88 bits per heavy atom. The van der Waals surface area contributed by atoms with Crippen LogP contribution in [-0.2, 0) is 0 Å². The van der Waals surface area contributed by atoms with Gasteiger partial charge in [-0.25, -0.2) is 0 Å². The van der Waals surface area contributed by atoms with E-state index in [1.165, 1.54) is 12.1 Å². The van der Waals surface area contributed by atoms with Crippen LogP contribution in [0.2, 0.25) is 0 Å². The van der Waals surface area contributed by atoms with E-state index in [2.05, 4.69) is 5.32 Å². The number of aliphatic hydroxyl groups excluding tert-OH is 1. The van der Waals surface area contributed by atoms with Gasteiger partial charge in [-0.2, -0.15) is 0 Å². The minimum absolute atomic E-state index is 0.00390. The molecule has 0 amide bonds. The Hall–Kier alpha value is -1.26. The first kappa shape index (κ1) is 12.8. The second-order valence-corrected chi connectivity index (χ2v) is 4.19. The summed E-state index contributed by atoms with van der Waals surface area (Å²) in [6, 6.07) is 4.97. The molecule has 90 valence electrons. The first-order valence-electron chi connectivity index (χ1n) is 5.40. The second-order valence-electron chi connectivity index (χ2n) is 4.19. The maximum atomic E-state index is 9.37. The van der Waals surface area contributed by atoms with Crippen LogP contribution in [0, 0.1) is 0 Å². The van der Waals surface area contributed by atoms with Gasteiger partial charge < -0.3 is 20.6 Å². The number of aliphatic hydroxyl groups is 1. The summed E-state index contributed by atoms with van der Waals surface area (Å²) in [5.41, 5.74) is 0.811. The van der Waals surface area contributed by atoms with Crippen molar-refractivity contribution in [1.82, 2.24) is 5.32 Å². The summed E-state index contributed by atoms with van der Waals surface area (Å²) in [5.74, 6) is -0.369. The van der Waals surface area contributed by atoms with E-state index in [0.717, 1.165) is 5.56 Å². The molecule has 0 heterocycles. The zero-order valence-corrected chi connectivity index (χ0v) is 9.64. The van der Waals surface area contributed by atoms with Crippen molar-refractivity contribution in [2.24, 2.45) is 0 Å². The maximum Gasteiger partial charge on any atom is 0.157 e. The summed E-state index contributed by atoms with van der Waals surface area (Å²) in [4.78, 5) is 0. The van der Waals surface area contributed by atoms with Crippen molar-refractivity contribution in [2.75, 3.05) is 13.2 Å². The van der Waals surface area contributed by atoms with Crippen LogP contribution in [-0.4, -0.2) is 34.5 Å². The van der Waals surface area contributed by atoms with E-state index in [-0.39, 0.29) is 24.0 Å². The van der Waals surface area contributed by atoms with E-state index in [1.54, 1.807) is 6.07 Å². The molecular formula is C12H19NO3. The molecule has 0 aliphatic carbocycles. The third kappa shape index (κ3) is 3.40. The SMILES string of the molecule is CC(C)NCC(CO)c1ccc(O)c(O)c1. The standard InChI is InChI=1S/C12H19NO3/c1-8(2)13-6-10(7-14)9-3-4-11(15)12(16)5-9/h3-5,8,10,13-16H,6-7H2,1-2H3. The average Bonchev–Trinajstić information content (AvgIpc) is 2.23. The smallest absolute Gasteiger partial charge is 0.157 e. The Balaban J connectivity index is 2.74. The highest BCUT2D eigenvalue weighted by Crippen LogP contribution is 2.28. The van der Waals surface area contributed by atoms with Crippen LogP contribution in [0.25, 0.3) is 0 Å². The molecule has 0 aliphatic heterocycles. The lowest BCUT2D eigenvalue weighted by molar-refractivity contribution is 0.259. The lowest BCUT2D eigenvalue weighted by Gasteiger charge is -2.17. The third-order valence-electron chi connectivity index (χ3n) is 2.46. The van der Waals surface area contributed by atoms with E-state index in [4.69, 9.17) is 0 Å². The molecule has 0 fully saturated rings. The number of rotatable bonds is 5. The molecule has 1 atom stereocenters. The quantitative estimate of drug-likeness (QED) is 0.568. The highest BCUT2D eigenvalue weighted by molar-refractivity contribution is 5.41. The van der Waals surface area contributed by atoms with Crippen LogP contribution >= 0.6 is 0 Å². The Kier molecular flexibility index (Phi) is 4.58. The molecule has 4 nitrogen and oxygen atoms in total. The Morgan fingerprint density at radius 1 is 1.19 bits per heavy atom. The normalized spacial score (nSPS) is 13.0. The van der Waals surface area contributed by atoms with E-state index in [1.807, 2.05) is 13.8 Å². The fraction of sp³-hybridized carbons (Fsp3) is 0.500. The van der Waals surface area contributed by atoms with Gasteiger partial charge in [0.05, 0.1) is 6.61 Å². The predicted octanol–water partition coefficient (Wildman–Crippen LogP) is 1.17. The van der Waals surface area contributed by atoms with E-state index in [9.17, 15) is 15.3 Å². The second kappa shape index (κ2) is 5.72. The number of benzene rings is 1. The van der Waals surface area contributed by atoms with Gasteiger partial charge in [-0.15, -0.1) is 0 Å². The van der Waals surface area contributed by atoms with Gasteiger partial charge in [0, 0.05) is 18.5 Å². The first-order chi connectivity index (χ1) is 7.54. The van der Waals surface area contributed by atoms with Gasteiger partial charge in [-0.3, -0.25) is 0 Å². The van der Waals surface area contributed by atoms with Gasteiger partial charge in [0.15, 0.2) is 11.5 Å². The molecule has 1 unspecified atom stereocenters. The molecule has 1 rings (SSSR count). The van der Waals surface area contributed by atoms with Crippen molar-refractivity contribution in [3.63, 3.8) is 0 Å². The van der Waals surface area contributed by atoms with E-state index < -0.39 is 0 Å². The van der Waals surface area contributed by atoms with Gasteiger partial charge in [0.2, 0.25) is 0 Å². The van der Waals surface area contributed by atoms with Crippen LogP contribution in [0.15, 0.2) is 18.2 Å². The lowest BCUT2D eigenvalue weighted by Crippen LogP contribution is -2.29. The zero-order valence-electron chi connectivity index (χ0n) is 9.64. The molecular weight excluding hydrogens is 206 g/mol. The van der Waals surface area contributed by atoms with Gasteiger partial charge in [0.1, 0.15) is 0 Å². The Labute approximate surface area is 95.6 Å². The molecule has 4 N–H and O–H groups in total. The van der Waals surface area contributed by atoms with Crippen LogP contribution < -0.4 is 5.32 Å². The van der Waals surface area contributed by atoms with Crippen LogP contribution in [0.3, 0.4) is 0 Å². The highest BCUT2D eigenvalue weighted by Gasteiger charge is 2.12. The van der Waals surface area contributed by atoms with Gasteiger partial charge in [0.25, 0.3) is 0 Å². The Morgan fingerprint density at radius 3 is 2.38 bits per heavy atom. The lowest BCUT2D eigenvalue weighted by atomic mass is 9.99. The Bertz CT molecular complexity index is 339. The summed E-state index contributed by atoms with van der Waals surface area (Å²) < 4.78 is 0. The van der Waals surface area contributed by atoms with Gasteiger partial charge in [-0.1, -0.05) is 19.9 Å². The van der Waals surface area contributed by atoms with Gasteiger partial charge >= 0.3 is 0 Å². The first-order valence-corrected chi connectivity index (χ1v) is 5.40. The van der Waals surface area contributed by atoms with Crippen molar-refractivity contribution in [3.8, 4) is 11.5 Å². The number of phenols is 2. The van der Waals surface area contributed by atoms with E-state index >= 15 is 0 Å². The number of hydrogen-bond acceptors (Lipinski definition) is 4. The minimum Gasteiger partial charge on any atom is -0.504 e. The summed E-state index contributed by atoms with van der Waals surface area (Å²) in [6.45, 7) is 4.70. The molecule has 0 aromatic heterocycles. The number of phenolic OH excluding ortho intramolecular Hbond substituents is 2. The summed E-state index contributed by atoms with van der Waals surface area (Å²) in [5, 5.41) is 31.1. The summed E-state index contributed by atoms with van der Waals surface area (Å²) in [7, 11) is 0. The molecule has 4 heteroatoms. The molecule has 0 radical (unpaired) electrons. The molecule has 1 aromatic carbocycles. The van der Waals surface area contributed by atoms with Crippen molar-refractivity contribution in [3.05, 3.63) is 23.8 Å². The summed E-state index contributed by atoms with van der Waals surface area (Å²) >= 11 is 0. The van der Waals surface area contributed by atoms with Crippen molar-refractivity contribution in [2.45, 2.75) is 25.8 Å². The molecule has 16 heavy (non-hydrogen) atoms. The van der Waals surface area contributed by atoms with Crippen LogP contribution in [0.4, 0.5) is 0 Å². The predicted molar refractivity (Wildman–Crippen MR) is 62.7 cm³/mol. The number of hydrogen-bond donors (Lipinski definition) is 4. The monoisotopic (exact) mass is 225 g/mol. The highest BCUT2D eigenvalue weighted by atomic mass is 16.3. The fourth-order valence-corrected chi connectivity index (χ4v) is 1.46. The average molecular weight is 225 g/mol.